The first kappa shape index (κ1) is 11.4. The van der Waals surface area contributed by atoms with Crippen molar-refractivity contribution in [1.82, 2.24) is 10.6 Å². The van der Waals surface area contributed by atoms with E-state index in [9.17, 15) is 4.79 Å². The van der Waals surface area contributed by atoms with Crippen LogP contribution in [0.4, 0.5) is 0 Å². The average molecular weight is 202 g/mol. The molecule has 2 atom stereocenters. The van der Waals surface area contributed by atoms with Crippen molar-refractivity contribution in [1.29, 1.82) is 0 Å². The van der Waals surface area contributed by atoms with E-state index >= 15 is 0 Å². The standard InChI is InChI=1S/C9H18N2O3/c1-9(2-3-10-6-9)8(14)11-4-7(13)5-12/h7,10,12-13H,2-6H2,1H3,(H,11,14). The smallest absolute Gasteiger partial charge is 0.227 e. The largest absolute Gasteiger partial charge is 0.394 e. The zero-order valence-electron chi connectivity index (χ0n) is 8.42. The Balaban J connectivity index is 2.34. The molecule has 0 spiro atoms. The molecule has 0 aliphatic carbocycles. The summed E-state index contributed by atoms with van der Waals surface area (Å²) in [4.78, 5) is 11.6. The Morgan fingerprint density at radius 3 is 2.93 bits per heavy atom. The van der Waals surface area contributed by atoms with Crippen LogP contribution < -0.4 is 10.6 Å². The minimum absolute atomic E-state index is 0.0602. The fourth-order valence-electron chi connectivity index (χ4n) is 1.50. The van der Waals surface area contributed by atoms with Crippen molar-refractivity contribution in [3.8, 4) is 0 Å². The van der Waals surface area contributed by atoms with Gasteiger partial charge >= 0.3 is 0 Å². The molecule has 1 fully saturated rings. The molecule has 0 radical (unpaired) electrons. The van der Waals surface area contributed by atoms with Crippen LogP contribution in [0.3, 0.4) is 0 Å². The molecular weight excluding hydrogens is 184 g/mol. The molecule has 0 aromatic rings. The van der Waals surface area contributed by atoms with E-state index in [0.29, 0.717) is 6.54 Å². The maximum atomic E-state index is 11.6. The Morgan fingerprint density at radius 2 is 2.43 bits per heavy atom. The number of nitrogens with one attached hydrogen (secondary N) is 2. The summed E-state index contributed by atoms with van der Waals surface area (Å²) in [5.74, 6) is -0.0602. The summed E-state index contributed by atoms with van der Waals surface area (Å²) in [5.41, 5.74) is -0.366. The number of carbonyl (C=O) groups is 1. The maximum absolute atomic E-state index is 11.6. The molecule has 2 unspecified atom stereocenters. The van der Waals surface area contributed by atoms with Crippen LogP contribution in [0.2, 0.25) is 0 Å². The SMILES string of the molecule is CC1(C(=O)NCC(O)CO)CCNC1. The molecule has 5 nitrogen and oxygen atoms in total. The summed E-state index contributed by atoms with van der Waals surface area (Å²) in [6.45, 7) is 3.22. The van der Waals surface area contributed by atoms with Gasteiger partial charge < -0.3 is 20.8 Å². The van der Waals surface area contributed by atoms with Gasteiger partial charge in [0.2, 0.25) is 5.91 Å². The number of amides is 1. The third-order valence-electron chi connectivity index (χ3n) is 2.63. The van der Waals surface area contributed by atoms with Gasteiger partial charge in [-0.15, -0.1) is 0 Å². The first-order valence-electron chi connectivity index (χ1n) is 4.86. The van der Waals surface area contributed by atoms with Crippen molar-refractivity contribution >= 4 is 5.91 Å². The van der Waals surface area contributed by atoms with E-state index in [1.54, 1.807) is 0 Å². The van der Waals surface area contributed by atoms with E-state index in [2.05, 4.69) is 10.6 Å². The highest BCUT2D eigenvalue weighted by atomic mass is 16.3. The molecule has 0 saturated carbocycles. The second-order valence-corrected chi connectivity index (χ2v) is 4.03. The molecule has 14 heavy (non-hydrogen) atoms. The number of rotatable bonds is 4. The van der Waals surface area contributed by atoms with Gasteiger partial charge in [0.15, 0.2) is 0 Å². The van der Waals surface area contributed by atoms with E-state index in [1.807, 2.05) is 6.92 Å². The fraction of sp³-hybridized carbons (Fsp3) is 0.889. The zero-order chi connectivity index (χ0) is 10.6. The maximum Gasteiger partial charge on any atom is 0.227 e. The Labute approximate surface area is 83.5 Å². The number of hydrogen-bond donors (Lipinski definition) is 4. The highest BCUT2D eigenvalue weighted by Crippen LogP contribution is 2.24. The predicted octanol–water partition coefficient (Wildman–Crippen LogP) is -1.54. The molecule has 1 rings (SSSR count). The zero-order valence-corrected chi connectivity index (χ0v) is 8.42. The van der Waals surface area contributed by atoms with Crippen LogP contribution in [0.15, 0.2) is 0 Å². The molecule has 82 valence electrons. The van der Waals surface area contributed by atoms with Crippen molar-refractivity contribution in [2.75, 3.05) is 26.2 Å². The van der Waals surface area contributed by atoms with Crippen LogP contribution in [0.5, 0.6) is 0 Å². The Morgan fingerprint density at radius 1 is 1.71 bits per heavy atom. The minimum atomic E-state index is -0.864. The molecule has 0 aromatic carbocycles. The van der Waals surface area contributed by atoms with Crippen LogP contribution in [0.1, 0.15) is 13.3 Å². The van der Waals surface area contributed by atoms with Gasteiger partial charge in [-0.25, -0.2) is 0 Å². The van der Waals surface area contributed by atoms with Gasteiger partial charge in [0.05, 0.1) is 18.1 Å². The van der Waals surface area contributed by atoms with E-state index < -0.39 is 6.10 Å². The highest BCUT2D eigenvalue weighted by molar-refractivity contribution is 5.82. The molecule has 1 saturated heterocycles. The van der Waals surface area contributed by atoms with Crippen LogP contribution in [0, 0.1) is 5.41 Å². The highest BCUT2D eigenvalue weighted by Gasteiger charge is 2.36. The van der Waals surface area contributed by atoms with Gasteiger partial charge in [0.1, 0.15) is 0 Å². The predicted molar refractivity (Wildman–Crippen MR) is 51.7 cm³/mol. The third kappa shape index (κ3) is 2.67. The lowest BCUT2D eigenvalue weighted by molar-refractivity contribution is -0.129. The molecule has 1 aliphatic heterocycles. The minimum Gasteiger partial charge on any atom is -0.394 e. The second-order valence-electron chi connectivity index (χ2n) is 4.03. The summed E-state index contributed by atoms with van der Waals surface area (Å²) in [6.07, 6.45) is -0.0504. The Hall–Kier alpha value is -0.650. The van der Waals surface area contributed by atoms with Gasteiger partial charge in [-0.3, -0.25) is 4.79 Å². The van der Waals surface area contributed by atoms with Gasteiger partial charge in [0.25, 0.3) is 0 Å². The van der Waals surface area contributed by atoms with Crippen molar-refractivity contribution in [3.05, 3.63) is 0 Å². The van der Waals surface area contributed by atoms with E-state index in [1.165, 1.54) is 0 Å². The molecule has 1 heterocycles. The van der Waals surface area contributed by atoms with Crippen LogP contribution >= 0.6 is 0 Å². The van der Waals surface area contributed by atoms with Gasteiger partial charge in [-0.2, -0.15) is 0 Å². The number of aliphatic hydroxyl groups is 2. The van der Waals surface area contributed by atoms with Gasteiger partial charge in [-0.1, -0.05) is 0 Å². The van der Waals surface area contributed by atoms with Crippen molar-refractivity contribution in [3.63, 3.8) is 0 Å². The topological polar surface area (TPSA) is 81.6 Å². The van der Waals surface area contributed by atoms with Crippen molar-refractivity contribution < 1.29 is 15.0 Å². The molecule has 1 amide bonds. The summed E-state index contributed by atoms with van der Waals surface area (Å²) in [5, 5.41) is 23.4. The molecule has 1 aliphatic rings. The summed E-state index contributed by atoms with van der Waals surface area (Å²) >= 11 is 0. The Bertz CT molecular complexity index is 202. The summed E-state index contributed by atoms with van der Waals surface area (Å²) < 4.78 is 0. The summed E-state index contributed by atoms with van der Waals surface area (Å²) in [7, 11) is 0. The third-order valence-corrected chi connectivity index (χ3v) is 2.63. The van der Waals surface area contributed by atoms with Crippen LogP contribution in [0.25, 0.3) is 0 Å². The molecule has 0 aromatic heterocycles. The van der Waals surface area contributed by atoms with Gasteiger partial charge in [-0.05, 0) is 19.9 Å². The molecule has 4 N–H and O–H groups in total. The quantitative estimate of drug-likeness (QED) is 0.445. The van der Waals surface area contributed by atoms with Crippen molar-refractivity contribution in [2.24, 2.45) is 5.41 Å². The van der Waals surface area contributed by atoms with Crippen LogP contribution in [-0.2, 0) is 4.79 Å². The van der Waals surface area contributed by atoms with E-state index in [0.717, 1.165) is 13.0 Å². The first-order valence-corrected chi connectivity index (χ1v) is 4.86. The Kier molecular flexibility index (Phi) is 3.86. The lowest BCUT2D eigenvalue weighted by Gasteiger charge is -2.22. The fourth-order valence-corrected chi connectivity index (χ4v) is 1.50. The lowest BCUT2D eigenvalue weighted by atomic mass is 9.89. The molecule has 0 bridgehead atoms. The molecule has 5 heteroatoms. The van der Waals surface area contributed by atoms with Crippen LogP contribution in [-0.4, -0.2) is 48.5 Å². The normalized spacial score (nSPS) is 28.8. The van der Waals surface area contributed by atoms with Gasteiger partial charge in [0, 0.05) is 13.1 Å². The lowest BCUT2D eigenvalue weighted by Crippen LogP contribution is -2.43. The summed E-state index contributed by atoms with van der Waals surface area (Å²) in [6, 6.07) is 0. The number of carbonyl (C=O) groups excluding carboxylic acids is 1. The number of aliphatic hydroxyl groups excluding tert-OH is 2. The van der Waals surface area contributed by atoms with E-state index in [-0.39, 0.29) is 24.5 Å². The molecular formula is C9H18N2O3. The average Bonchev–Trinajstić information content (AvgIpc) is 2.62. The second kappa shape index (κ2) is 4.72. The number of hydrogen-bond acceptors (Lipinski definition) is 4. The van der Waals surface area contributed by atoms with Crippen molar-refractivity contribution in [2.45, 2.75) is 19.4 Å². The van der Waals surface area contributed by atoms with E-state index in [4.69, 9.17) is 10.2 Å². The monoisotopic (exact) mass is 202 g/mol. The first-order chi connectivity index (χ1) is 6.58.